The van der Waals surface area contributed by atoms with Gasteiger partial charge in [0.25, 0.3) is 0 Å². The number of carbonyl (C=O) groups excluding carboxylic acids is 2. The van der Waals surface area contributed by atoms with Crippen LogP contribution in [-0.4, -0.2) is 11.6 Å². The van der Waals surface area contributed by atoms with Crippen molar-refractivity contribution in [3.63, 3.8) is 0 Å². The molecule has 2 aliphatic rings. The molecule has 2 saturated carbocycles. The van der Waals surface area contributed by atoms with Gasteiger partial charge in [0.15, 0.2) is 0 Å². The van der Waals surface area contributed by atoms with Gasteiger partial charge in [0, 0.05) is 11.8 Å². The third-order valence-corrected chi connectivity index (χ3v) is 6.70. The SMILES string of the molecule is CCC(CC)[C@@H]1CC2CCC[C@H](C(CC)CC)C(=O)C2C1=O. The molecule has 0 aromatic carbocycles. The summed E-state index contributed by atoms with van der Waals surface area (Å²) in [6, 6.07) is 0. The molecule has 2 aliphatic carbocycles. The van der Waals surface area contributed by atoms with E-state index < -0.39 is 0 Å². The topological polar surface area (TPSA) is 34.1 Å². The van der Waals surface area contributed by atoms with Crippen LogP contribution in [0.3, 0.4) is 0 Å². The van der Waals surface area contributed by atoms with Crippen LogP contribution >= 0.6 is 0 Å². The maximum atomic E-state index is 13.1. The van der Waals surface area contributed by atoms with E-state index in [1.807, 2.05) is 0 Å². The molecule has 0 aliphatic heterocycles. The number of ketones is 2. The zero-order chi connectivity index (χ0) is 16.3. The van der Waals surface area contributed by atoms with Gasteiger partial charge in [-0.2, -0.15) is 0 Å². The number of hydrogen-bond acceptors (Lipinski definition) is 2. The maximum absolute atomic E-state index is 13.1. The van der Waals surface area contributed by atoms with E-state index in [0.29, 0.717) is 29.3 Å². The van der Waals surface area contributed by atoms with Crippen LogP contribution in [0.5, 0.6) is 0 Å². The Bertz CT molecular complexity index is 393. The summed E-state index contributed by atoms with van der Waals surface area (Å²) in [4.78, 5) is 26.1. The summed E-state index contributed by atoms with van der Waals surface area (Å²) in [7, 11) is 0. The van der Waals surface area contributed by atoms with Gasteiger partial charge in [-0.05, 0) is 37.0 Å². The van der Waals surface area contributed by atoms with Crippen molar-refractivity contribution in [1.82, 2.24) is 0 Å². The average Bonchev–Trinajstić information content (AvgIpc) is 2.75. The standard InChI is InChI=1S/C20H34O2/c1-5-13(6-2)16-11-9-10-15-12-17(14(7-3)8-4)20(22)18(15)19(16)21/h13-18H,5-12H2,1-4H3/t15?,16-,17+,18?/m1/s1. The fourth-order valence-electron chi connectivity index (χ4n) is 5.28. The summed E-state index contributed by atoms with van der Waals surface area (Å²) in [5, 5.41) is 0. The van der Waals surface area contributed by atoms with E-state index in [1.165, 1.54) is 0 Å². The minimum absolute atomic E-state index is 0.148. The molecule has 0 saturated heterocycles. The minimum atomic E-state index is -0.251. The molecule has 0 aromatic heterocycles. The third kappa shape index (κ3) is 3.16. The molecule has 2 fully saturated rings. The Labute approximate surface area is 136 Å². The third-order valence-electron chi connectivity index (χ3n) is 6.70. The molecule has 0 N–H and O–H groups in total. The van der Waals surface area contributed by atoms with Gasteiger partial charge in [0.1, 0.15) is 11.6 Å². The Hall–Kier alpha value is -0.660. The number of Topliss-reactive ketones (excluding diaryl/α,β-unsaturated/α-hetero) is 2. The van der Waals surface area contributed by atoms with Gasteiger partial charge in [-0.15, -0.1) is 0 Å². The van der Waals surface area contributed by atoms with Crippen molar-refractivity contribution < 1.29 is 9.59 Å². The van der Waals surface area contributed by atoms with Crippen LogP contribution in [0.25, 0.3) is 0 Å². The average molecular weight is 306 g/mol. The minimum Gasteiger partial charge on any atom is -0.299 e. The molecule has 2 unspecified atom stereocenters. The predicted octanol–water partition coefficient (Wildman–Crippen LogP) is 5.05. The summed E-state index contributed by atoms with van der Waals surface area (Å²) >= 11 is 0. The lowest BCUT2D eigenvalue weighted by molar-refractivity contribution is -0.137. The Morgan fingerprint density at radius 2 is 1.32 bits per heavy atom. The lowest BCUT2D eigenvalue weighted by atomic mass is 9.77. The molecule has 22 heavy (non-hydrogen) atoms. The van der Waals surface area contributed by atoms with E-state index in [0.717, 1.165) is 51.4 Å². The zero-order valence-electron chi connectivity index (χ0n) is 14.9. The quantitative estimate of drug-likeness (QED) is 0.643. The van der Waals surface area contributed by atoms with Gasteiger partial charge < -0.3 is 0 Å². The summed E-state index contributed by atoms with van der Waals surface area (Å²) in [5.41, 5.74) is 0. The molecular formula is C20H34O2. The maximum Gasteiger partial charge on any atom is 0.146 e. The van der Waals surface area contributed by atoms with Crippen LogP contribution in [-0.2, 0) is 9.59 Å². The van der Waals surface area contributed by atoms with Crippen LogP contribution in [0.15, 0.2) is 0 Å². The number of fused-ring (bicyclic) bond motifs is 1. The lowest BCUT2D eigenvalue weighted by Gasteiger charge is -2.25. The largest absolute Gasteiger partial charge is 0.299 e. The molecule has 2 nitrogen and oxygen atoms in total. The van der Waals surface area contributed by atoms with E-state index in [1.54, 1.807) is 0 Å². The highest BCUT2D eigenvalue weighted by Gasteiger charge is 2.50. The molecule has 4 atom stereocenters. The molecular weight excluding hydrogens is 272 g/mol. The van der Waals surface area contributed by atoms with Gasteiger partial charge >= 0.3 is 0 Å². The second-order valence-corrected chi connectivity index (χ2v) is 7.58. The van der Waals surface area contributed by atoms with Crippen molar-refractivity contribution in [3.05, 3.63) is 0 Å². The Balaban J connectivity index is 2.21. The molecule has 0 amide bonds. The number of hydrogen-bond donors (Lipinski definition) is 0. The van der Waals surface area contributed by atoms with E-state index >= 15 is 0 Å². The van der Waals surface area contributed by atoms with Crippen LogP contribution in [0.1, 0.15) is 79.1 Å². The van der Waals surface area contributed by atoms with Crippen molar-refractivity contribution in [1.29, 1.82) is 0 Å². The predicted molar refractivity (Wildman–Crippen MR) is 90.6 cm³/mol. The second kappa shape index (κ2) is 7.75. The van der Waals surface area contributed by atoms with Crippen LogP contribution in [0.2, 0.25) is 0 Å². The van der Waals surface area contributed by atoms with Crippen molar-refractivity contribution in [2.24, 2.45) is 35.5 Å². The Morgan fingerprint density at radius 1 is 0.818 bits per heavy atom. The first kappa shape index (κ1) is 17.7. The highest BCUT2D eigenvalue weighted by Crippen LogP contribution is 2.46. The fraction of sp³-hybridized carbons (Fsp3) is 0.900. The first-order valence-corrected chi connectivity index (χ1v) is 9.66. The van der Waals surface area contributed by atoms with Gasteiger partial charge in [-0.3, -0.25) is 9.59 Å². The summed E-state index contributed by atoms with van der Waals surface area (Å²) in [6.45, 7) is 8.75. The molecule has 0 spiro atoms. The van der Waals surface area contributed by atoms with E-state index in [9.17, 15) is 9.59 Å². The lowest BCUT2D eigenvalue weighted by Crippen LogP contribution is -2.34. The normalized spacial score (nSPS) is 32.6. The van der Waals surface area contributed by atoms with Crippen molar-refractivity contribution in [2.45, 2.75) is 79.1 Å². The van der Waals surface area contributed by atoms with Gasteiger partial charge in [-0.1, -0.05) is 59.8 Å². The summed E-state index contributed by atoms with van der Waals surface area (Å²) in [6.07, 6.45) is 8.49. The molecule has 126 valence electrons. The molecule has 0 radical (unpaired) electrons. The van der Waals surface area contributed by atoms with E-state index in [4.69, 9.17) is 0 Å². The number of carbonyl (C=O) groups is 2. The summed E-state index contributed by atoms with van der Waals surface area (Å²) in [5.74, 6) is 1.99. The van der Waals surface area contributed by atoms with Crippen LogP contribution in [0.4, 0.5) is 0 Å². The van der Waals surface area contributed by atoms with Crippen molar-refractivity contribution >= 4 is 11.6 Å². The van der Waals surface area contributed by atoms with E-state index in [2.05, 4.69) is 27.7 Å². The first-order chi connectivity index (χ1) is 10.6. The van der Waals surface area contributed by atoms with Crippen molar-refractivity contribution in [3.8, 4) is 0 Å². The molecule has 2 rings (SSSR count). The van der Waals surface area contributed by atoms with Crippen LogP contribution < -0.4 is 0 Å². The number of rotatable bonds is 6. The zero-order valence-corrected chi connectivity index (χ0v) is 14.9. The van der Waals surface area contributed by atoms with Gasteiger partial charge in [0.05, 0.1) is 5.92 Å². The highest BCUT2D eigenvalue weighted by atomic mass is 16.2. The molecule has 0 heterocycles. The Kier molecular flexibility index (Phi) is 6.23. The van der Waals surface area contributed by atoms with E-state index in [-0.39, 0.29) is 17.8 Å². The van der Waals surface area contributed by atoms with Gasteiger partial charge in [-0.25, -0.2) is 0 Å². The first-order valence-electron chi connectivity index (χ1n) is 9.66. The van der Waals surface area contributed by atoms with Crippen molar-refractivity contribution in [2.75, 3.05) is 0 Å². The molecule has 0 bridgehead atoms. The molecule has 2 heteroatoms. The fourth-order valence-corrected chi connectivity index (χ4v) is 5.28. The molecule has 0 aromatic rings. The van der Waals surface area contributed by atoms with Crippen LogP contribution in [0, 0.1) is 35.5 Å². The highest BCUT2D eigenvalue weighted by molar-refractivity contribution is 6.06. The monoisotopic (exact) mass is 306 g/mol. The second-order valence-electron chi connectivity index (χ2n) is 7.58. The summed E-state index contributed by atoms with van der Waals surface area (Å²) < 4.78 is 0. The smallest absolute Gasteiger partial charge is 0.146 e. The van der Waals surface area contributed by atoms with Gasteiger partial charge in [0.2, 0.25) is 0 Å². The Morgan fingerprint density at radius 3 is 1.86 bits per heavy atom.